The topological polar surface area (TPSA) is 80.2 Å². The molecule has 2 aromatic rings. The van der Waals surface area contributed by atoms with Gasteiger partial charge in [-0.15, -0.1) is 0 Å². The normalized spacial score (nSPS) is 10.8. The fourth-order valence-electron chi connectivity index (χ4n) is 2.00. The molecule has 0 atom stereocenters. The zero-order valence-electron chi connectivity index (χ0n) is 14.3. The van der Waals surface area contributed by atoms with Gasteiger partial charge in [-0.05, 0) is 71.2 Å². The second-order valence-electron chi connectivity index (χ2n) is 5.28. The number of phenolic OH excluding ortho intramolecular Hbond substituents is 1. The number of carbonyl (C=O) groups is 1. The van der Waals surface area contributed by atoms with Gasteiger partial charge in [0.25, 0.3) is 5.91 Å². The number of phenols is 1. The zero-order valence-corrected chi connectivity index (χ0v) is 16.6. The van der Waals surface area contributed by atoms with E-state index in [9.17, 15) is 9.90 Å². The number of benzene rings is 2. The van der Waals surface area contributed by atoms with Crippen LogP contribution < -0.4 is 14.9 Å². The van der Waals surface area contributed by atoms with E-state index in [0.29, 0.717) is 33.2 Å². The van der Waals surface area contributed by atoms with Gasteiger partial charge in [-0.2, -0.15) is 5.10 Å². The molecule has 2 rings (SSSR count). The molecule has 6 nitrogen and oxygen atoms in total. The number of halogens is 2. The van der Waals surface area contributed by atoms with Gasteiger partial charge in [-0.25, -0.2) is 5.43 Å². The number of hydrazone groups is 1. The Kier molecular flexibility index (Phi) is 7.29. The maximum Gasteiger partial charge on any atom is 0.277 e. The molecule has 0 aliphatic rings. The quantitative estimate of drug-likeness (QED) is 0.502. The first-order valence-corrected chi connectivity index (χ1v) is 8.94. The van der Waals surface area contributed by atoms with Crippen LogP contribution >= 0.6 is 27.5 Å². The number of rotatable bonds is 7. The van der Waals surface area contributed by atoms with Gasteiger partial charge in [0.15, 0.2) is 18.1 Å². The van der Waals surface area contributed by atoms with Crippen LogP contribution in [0.25, 0.3) is 0 Å². The highest BCUT2D eigenvalue weighted by molar-refractivity contribution is 9.10. The van der Waals surface area contributed by atoms with Gasteiger partial charge in [0.2, 0.25) is 0 Å². The second-order valence-corrected chi connectivity index (χ2v) is 6.54. The number of aryl methyl sites for hydroxylation is 1. The van der Waals surface area contributed by atoms with Gasteiger partial charge >= 0.3 is 0 Å². The maximum absolute atomic E-state index is 11.8. The van der Waals surface area contributed by atoms with E-state index in [4.69, 9.17) is 21.1 Å². The molecule has 0 heterocycles. The Morgan fingerprint density at radius 3 is 2.81 bits per heavy atom. The molecule has 0 radical (unpaired) electrons. The maximum atomic E-state index is 11.8. The molecular weight excluding hydrogens is 424 g/mol. The summed E-state index contributed by atoms with van der Waals surface area (Å²) in [4.78, 5) is 11.8. The van der Waals surface area contributed by atoms with E-state index in [1.165, 1.54) is 6.21 Å². The number of amides is 1. The van der Waals surface area contributed by atoms with Gasteiger partial charge in [-0.1, -0.05) is 11.6 Å². The van der Waals surface area contributed by atoms with Gasteiger partial charge in [0.1, 0.15) is 5.75 Å². The molecule has 0 fully saturated rings. The third kappa shape index (κ3) is 5.64. The molecule has 0 spiro atoms. The van der Waals surface area contributed by atoms with Crippen LogP contribution in [0.4, 0.5) is 0 Å². The molecular formula is C18H18BrClN2O4. The highest BCUT2D eigenvalue weighted by Crippen LogP contribution is 2.35. The van der Waals surface area contributed by atoms with Gasteiger partial charge in [0.05, 0.1) is 17.3 Å². The van der Waals surface area contributed by atoms with Crippen LogP contribution in [0.15, 0.2) is 39.9 Å². The van der Waals surface area contributed by atoms with Gasteiger partial charge in [-0.3, -0.25) is 4.79 Å². The number of carbonyl (C=O) groups excluding carboxylic acids is 1. The lowest BCUT2D eigenvalue weighted by atomic mass is 10.2. The minimum Gasteiger partial charge on any atom is -0.503 e. The average molecular weight is 442 g/mol. The monoisotopic (exact) mass is 440 g/mol. The minimum atomic E-state index is -0.406. The first-order valence-electron chi connectivity index (χ1n) is 7.77. The summed E-state index contributed by atoms with van der Waals surface area (Å²) in [6.45, 7) is 3.91. The van der Waals surface area contributed by atoms with Crippen LogP contribution in [0.3, 0.4) is 0 Å². The summed E-state index contributed by atoms with van der Waals surface area (Å²) in [6, 6.07) is 8.42. The number of ether oxygens (including phenoxy) is 2. The molecule has 138 valence electrons. The first kappa shape index (κ1) is 20.1. The smallest absolute Gasteiger partial charge is 0.277 e. The van der Waals surface area contributed by atoms with Crippen LogP contribution in [0.1, 0.15) is 18.1 Å². The Balaban J connectivity index is 1.91. The molecule has 1 amide bonds. The van der Waals surface area contributed by atoms with Crippen LogP contribution in [-0.2, 0) is 4.79 Å². The summed E-state index contributed by atoms with van der Waals surface area (Å²) in [5.41, 5.74) is 3.89. The van der Waals surface area contributed by atoms with Crippen LogP contribution in [0, 0.1) is 6.92 Å². The number of hydrogen-bond acceptors (Lipinski definition) is 5. The predicted octanol–water partition coefficient (Wildman–Crippen LogP) is 4.04. The first-order chi connectivity index (χ1) is 12.4. The molecule has 0 saturated heterocycles. The van der Waals surface area contributed by atoms with Crippen molar-refractivity contribution in [2.24, 2.45) is 5.10 Å². The molecule has 0 unspecified atom stereocenters. The van der Waals surface area contributed by atoms with Crippen LogP contribution in [0.5, 0.6) is 17.2 Å². The minimum absolute atomic E-state index is 0.0136. The Morgan fingerprint density at radius 2 is 2.12 bits per heavy atom. The number of aromatic hydroxyl groups is 1. The summed E-state index contributed by atoms with van der Waals surface area (Å²) in [6.07, 6.45) is 1.44. The second kappa shape index (κ2) is 9.45. The highest BCUT2D eigenvalue weighted by Gasteiger charge is 2.08. The fraction of sp³-hybridized carbons (Fsp3) is 0.222. The Labute approximate surface area is 164 Å². The van der Waals surface area contributed by atoms with Crippen molar-refractivity contribution in [3.8, 4) is 17.2 Å². The molecule has 0 aliphatic heterocycles. The lowest BCUT2D eigenvalue weighted by Crippen LogP contribution is -2.24. The van der Waals surface area contributed by atoms with Crippen molar-refractivity contribution in [2.45, 2.75) is 13.8 Å². The molecule has 2 N–H and O–H groups in total. The summed E-state index contributed by atoms with van der Waals surface area (Å²) in [7, 11) is 0. The largest absolute Gasteiger partial charge is 0.503 e. The average Bonchev–Trinajstić information content (AvgIpc) is 2.60. The molecule has 0 saturated carbocycles. The number of nitrogens with one attached hydrogen (secondary N) is 1. The van der Waals surface area contributed by atoms with Crippen molar-refractivity contribution in [2.75, 3.05) is 13.2 Å². The van der Waals surface area contributed by atoms with Crippen molar-refractivity contribution in [1.82, 2.24) is 5.43 Å². The third-order valence-electron chi connectivity index (χ3n) is 3.25. The summed E-state index contributed by atoms with van der Waals surface area (Å²) < 4.78 is 11.2. The summed E-state index contributed by atoms with van der Waals surface area (Å²) >= 11 is 9.18. The van der Waals surface area contributed by atoms with Crippen LogP contribution in [0.2, 0.25) is 5.02 Å². The molecule has 0 bridgehead atoms. The Bertz CT molecular complexity index is 827. The van der Waals surface area contributed by atoms with Crippen molar-refractivity contribution < 1.29 is 19.4 Å². The van der Waals surface area contributed by atoms with Gasteiger partial charge in [0, 0.05) is 5.02 Å². The fourth-order valence-corrected chi connectivity index (χ4v) is 2.58. The summed E-state index contributed by atoms with van der Waals surface area (Å²) in [5.74, 6) is 0.488. The lowest BCUT2D eigenvalue weighted by Gasteiger charge is -2.08. The molecule has 8 heteroatoms. The van der Waals surface area contributed by atoms with E-state index in [1.54, 1.807) is 30.3 Å². The molecule has 2 aromatic carbocycles. The van der Waals surface area contributed by atoms with Crippen LogP contribution in [-0.4, -0.2) is 30.4 Å². The highest BCUT2D eigenvalue weighted by atomic mass is 79.9. The predicted molar refractivity (Wildman–Crippen MR) is 104 cm³/mol. The van der Waals surface area contributed by atoms with E-state index in [1.807, 2.05) is 13.8 Å². The van der Waals surface area contributed by atoms with E-state index in [0.717, 1.165) is 5.56 Å². The zero-order chi connectivity index (χ0) is 19.1. The van der Waals surface area contributed by atoms with E-state index in [2.05, 4.69) is 26.5 Å². The lowest BCUT2D eigenvalue weighted by molar-refractivity contribution is -0.123. The Morgan fingerprint density at radius 1 is 1.35 bits per heavy atom. The van der Waals surface area contributed by atoms with E-state index >= 15 is 0 Å². The standard InChI is InChI=1S/C18H18BrClN2O4/c1-3-25-16-8-12(7-14(19)18(16)24)9-21-22-17(23)10-26-13-4-5-15(20)11(2)6-13/h4-9,24H,3,10H2,1-2H3,(H,22,23). The van der Waals surface area contributed by atoms with Crippen molar-refractivity contribution >= 4 is 39.7 Å². The Hall–Kier alpha value is -2.25. The molecule has 0 aliphatic carbocycles. The molecule has 26 heavy (non-hydrogen) atoms. The van der Waals surface area contributed by atoms with Gasteiger partial charge < -0.3 is 14.6 Å². The SMILES string of the molecule is CCOc1cc(C=NNC(=O)COc2ccc(Cl)c(C)c2)cc(Br)c1O. The number of nitrogens with zero attached hydrogens (tertiary/aromatic N) is 1. The van der Waals surface area contributed by atoms with E-state index < -0.39 is 5.91 Å². The van der Waals surface area contributed by atoms with Crippen molar-refractivity contribution in [1.29, 1.82) is 0 Å². The van der Waals surface area contributed by atoms with Crippen molar-refractivity contribution in [3.63, 3.8) is 0 Å². The van der Waals surface area contributed by atoms with E-state index in [-0.39, 0.29) is 12.4 Å². The third-order valence-corrected chi connectivity index (χ3v) is 4.28. The number of hydrogen-bond donors (Lipinski definition) is 2. The molecule has 0 aromatic heterocycles. The van der Waals surface area contributed by atoms with Crippen molar-refractivity contribution in [3.05, 3.63) is 51.0 Å². The summed E-state index contributed by atoms with van der Waals surface area (Å²) in [5, 5.41) is 14.4.